The van der Waals surface area contributed by atoms with Crippen LogP contribution in [0, 0.1) is 17.8 Å². The lowest BCUT2D eigenvalue weighted by atomic mass is 9.88. The molecule has 5 heteroatoms. The maximum absolute atomic E-state index is 6.34. The summed E-state index contributed by atoms with van der Waals surface area (Å²) >= 11 is 12.5. The summed E-state index contributed by atoms with van der Waals surface area (Å²) in [6.45, 7) is 3.87. The van der Waals surface area contributed by atoms with Crippen LogP contribution in [0.2, 0.25) is 10.0 Å². The molecule has 0 saturated heterocycles. The Bertz CT molecular complexity index is 520. The van der Waals surface area contributed by atoms with Crippen molar-refractivity contribution in [1.82, 2.24) is 4.98 Å². The average Bonchev–Trinajstić information content (AvgIpc) is 3.04. The lowest BCUT2D eigenvalue weighted by Crippen LogP contribution is -2.29. The SMILES string of the molecule is CCNc1nc(N(C)CC2CC3CCC2C3)c(Cl)cc1Cl. The van der Waals surface area contributed by atoms with E-state index in [0.29, 0.717) is 10.0 Å². The highest BCUT2D eigenvalue weighted by Crippen LogP contribution is 2.48. The second-order valence-electron chi connectivity index (χ2n) is 6.47. The number of aromatic nitrogens is 1. The second-order valence-corrected chi connectivity index (χ2v) is 7.28. The quantitative estimate of drug-likeness (QED) is 0.850. The molecule has 21 heavy (non-hydrogen) atoms. The number of hydrogen-bond donors (Lipinski definition) is 1. The van der Waals surface area contributed by atoms with E-state index < -0.39 is 0 Å². The maximum atomic E-state index is 6.34. The Balaban J connectivity index is 1.74. The lowest BCUT2D eigenvalue weighted by molar-refractivity contribution is 0.337. The number of nitrogens with one attached hydrogen (secondary N) is 1. The number of hydrogen-bond acceptors (Lipinski definition) is 3. The highest BCUT2D eigenvalue weighted by Gasteiger charge is 2.39. The van der Waals surface area contributed by atoms with Crippen molar-refractivity contribution in [3.05, 3.63) is 16.1 Å². The van der Waals surface area contributed by atoms with Gasteiger partial charge in [-0.1, -0.05) is 29.6 Å². The van der Waals surface area contributed by atoms with E-state index in [9.17, 15) is 0 Å². The van der Waals surface area contributed by atoms with Crippen molar-refractivity contribution in [3.8, 4) is 0 Å². The van der Waals surface area contributed by atoms with Crippen LogP contribution >= 0.6 is 23.2 Å². The van der Waals surface area contributed by atoms with Gasteiger partial charge in [-0.15, -0.1) is 0 Å². The third-order valence-electron chi connectivity index (χ3n) is 5.01. The van der Waals surface area contributed by atoms with Crippen molar-refractivity contribution < 1.29 is 0 Å². The number of halogens is 2. The van der Waals surface area contributed by atoms with E-state index in [2.05, 4.69) is 22.2 Å². The first-order chi connectivity index (χ1) is 10.1. The summed E-state index contributed by atoms with van der Waals surface area (Å²) in [5.41, 5.74) is 0. The predicted molar refractivity (Wildman–Crippen MR) is 90.6 cm³/mol. The predicted octanol–water partition coefficient (Wildman–Crippen LogP) is 4.69. The standard InChI is InChI=1S/C16H23Cl2N3/c1-3-19-15-13(17)8-14(18)16(20-15)21(2)9-12-7-10-4-5-11(12)6-10/h8,10-12H,3-7,9H2,1-2H3,(H,19,20). The number of fused-ring (bicyclic) bond motifs is 2. The Hall–Kier alpha value is -0.670. The zero-order chi connectivity index (χ0) is 15.0. The molecule has 2 aliphatic carbocycles. The third kappa shape index (κ3) is 3.09. The highest BCUT2D eigenvalue weighted by atomic mass is 35.5. The highest BCUT2D eigenvalue weighted by molar-refractivity contribution is 6.37. The molecule has 0 aliphatic heterocycles. The summed E-state index contributed by atoms with van der Waals surface area (Å²) in [6.07, 6.45) is 5.66. The molecule has 1 aromatic heterocycles. The molecule has 2 aliphatic rings. The zero-order valence-electron chi connectivity index (χ0n) is 12.7. The molecule has 3 atom stereocenters. The molecule has 0 spiro atoms. The van der Waals surface area contributed by atoms with Crippen LogP contribution in [0.1, 0.15) is 32.6 Å². The number of anilines is 2. The number of rotatable bonds is 5. The van der Waals surface area contributed by atoms with Crippen molar-refractivity contribution in [2.45, 2.75) is 32.6 Å². The molecule has 3 unspecified atom stereocenters. The summed E-state index contributed by atoms with van der Waals surface area (Å²) in [6, 6.07) is 1.79. The molecular weight excluding hydrogens is 305 g/mol. The van der Waals surface area contributed by atoms with Crippen LogP contribution in [0.3, 0.4) is 0 Å². The Kier molecular flexibility index (Phi) is 4.51. The summed E-state index contributed by atoms with van der Waals surface area (Å²) < 4.78 is 0. The van der Waals surface area contributed by atoms with Gasteiger partial charge in [0.05, 0.1) is 10.0 Å². The first-order valence-corrected chi connectivity index (χ1v) is 8.65. The average molecular weight is 328 g/mol. The fourth-order valence-electron chi connectivity index (χ4n) is 4.05. The molecule has 3 rings (SSSR count). The molecule has 1 N–H and O–H groups in total. The molecule has 0 aromatic carbocycles. The van der Waals surface area contributed by atoms with Gasteiger partial charge in [-0.25, -0.2) is 4.98 Å². The monoisotopic (exact) mass is 327 g/mol. The fourth-order valence-corrected chi connectivity index (χ4v) is 4.62. The van der Waals surface area contributed by atoms with E-state index in [1.54, 1.807) is 6.07 Å². The minimum absolute atomic E-state index is 0.582. The van der Waals surface area contributed by atoms with Crippen molar-refractivity contribution in [3.63, 3.8) is 0 Å². The van der Waals surface area contributed by atoms with Gasteiger partial charge in [0, 0.05) is 20.1 Å². The van der Waals surface area contributed by atoms with Crippen LogP contribution in [0.5, 0.6) is 0 Å². The maximum Gasteiger partial charge on any atom is 0.149 e. The first-order valence-electron chi connectivity index (χ1n) is 7.89. The van der Waals surface area contributed by atoms with Crippen molar-refractivity contribution >= 4 is 34.8 Å². The van der Waals surface area contributed by atoms with Crippen molar-refractivity contribution in [1.29, 1.82) is 0 Å². The van der Waals surface area contributed by atoms with E-state index >= 15 is 0 Å². The third-order valence-corrected chi connectivity index (χ3v) is 5.58. The van der Waals surface area contributed by atoms with Gasteiger partial charge in [-0.3, -0.25) is 0 Å². The molecule has 116 valence electrons. The van der Waals surface area contributed by atoms with Crippen molar-refractivity contribution in [2.24, 2.45) is 17.8 Å². The molecule has 3 nitrogen and oxygen atoms in total. The summed E-state index contributed by atoms with van der Waals surface area (Å²) in [4.78, 5) is 6.82. The van der Waals surface area contributed by atoms with Crippen LogP contribution in [0.25, 0.3) is 0 Å². The molecule has 2 fully saturated rings. The molecule has 1 aromatic rings. The fraction of sp³-hybridized carbons (Fsp3) is 0.688. The van der Waals surface area contributed by atoms with Gasteiger partial charge in [-0.05, 0) is 50.0 Å². The molecular formula is C16H23Cl2N3. The Morgan fingerprint density at radius 2 is 2.10 bits per heavy atom. The van der Waals surface area contributed by atoms with Crippen molar-refractivity contribution in [2.75, 3.05) is 30.4 Å². The van der Waals surface area contributed by atoms with Crippen LogP contribution in [-0.4, -0.2) is 25.1 Å². The minimum atomic E-state index is 0.582. The molecule has 2 bridgehead atoms. The molecule has 2 saturated carbocycles. The van der Waals surface area contributed by atoms with E-state index in [0.717, 1.165) is 42.5 Å². The smallest absolute Gasteiger partial charge is 0.149 e. The topological polar surface area (TPSA) is 28.2 Å². The van der Waals surface area contributed by atoms with Gasteiger partial charge in [0.15, 0.2) is 0 Å². The van der Waals surface area contributed by atoms with Gasteiger partial charge in [0.1, 0.15) is 11.6 Å². The molecule has 0 radical (unpaired) electrons. The second kappa shape index (κ2) is 6.21. The van der Waals surface area contributed by atoms with Gasteiger partial charge < -0.3 is 10.2 Å². The zero-order valence-corrected chi connectivity index (χ0v) is 14.2. The van der Waals surface area contributed by atoms with Crippen LogP contribution in [0.4, 0.5) is 11.6 Å². The van der Waals surface area contributed by atoms with Gasteiger partial charge >= 0.3 is 0 Å². The summed E-state index contributed by atoms with van der Waals surface area (Å²) in [5.74, 6) is 4.24. The molecule has 0 amide bonds. The lowest BCUT2D eigenvalue weighted by Gasteiger charge is -2.28. The van der Waals surface area contributed by atoms with Gasteiger partial charge in [0.2, 0.25) is 0 Å². The van der Waals surface area contributed by atoms with E-state index in [1.807, 2.05) is 6.92 Å². The Morgan fingerprint density at radius 3 is 2.71 bits per heavy atom. The first kappa shape index (κ1) is 15.2. The summed E-state index contributed by atoms with van der Waals surface area (Å²) in [5, 5.41) is 4.40. The summed E-state index contributed by atoms with van der Waals surface area (Å²) in [7, 11) is 2.09. The normalized spacial score (nSPS) is 27.1. The van der Waals surface area contributed by atoms with Gasteiger partial charge in [0.25, 0.3) is 0 Å². The Morgan fingerprint density at radius 1 is 1.29 bits per heavy atom. The molecule has 1 heterocycles. The van der Waals surface area contributed by atoms with Gasteiger partial charge in [-0.2, -0.15) is 0 Å². The minimum Gasteiger partial charge on any atom is -0.369 e. The largest absolute Gasteiger partial charge is 0.369 e. The van der Waals surface area contributed by atoms with E-state index in [-0.39, 0.29) is 0 Å². The number of nitrogens with zero attached hydrogens (tertiary/aromatic N) is 2. The van der Waals surface area contributed by atoms with E-state index in [4.69, 9.17) is 23.2 Å². The van der Waals surface area contributed by atoms with Crippen LogP contribution in [-0.2, 0) is 0 Å². The van der Waals surface area contributed by atoms with Crippen LogP contribution in [0.15, 0.2) is 6.07 Å². The van der Waals surface area contributed by atoms with E-state index in [1.165, 1.54) is 25.7 Å². The van der Waals surface area contributed by atoms with Crippen LogP contribution < -0.4 is 10.2 Å². The Labute approximate surface area is 137 Å². The number of pyridine rings is 1.